The average Bonchev–Trinajstić information content (AvgIpc) is 3.09. The number of nitrogens with one attached hydrogen (secondary N) is 1. The van der Waals surface area contributed by atoms with Crippen molar-refractivity contribution in [1.82, 2.24) is 9.97 Å². The summed E-state index contributed by atoms with van der Waals surface area (Å²) in [6, 6.07) is 10.2. The molecule has 0 bridgehead atoms. The molecule has 3 rings (SSSR count). The Balaban J connectivity index is 1.95. The summed E-state index contributed by atoms with van der Waals surface area (Å²) in [5, 5.41) is 0.804. The Morgan fingerprint density at radius 3 is 2.42 bits per heavy atom. The Hall–Kier alpha value is -2.54. The second-order valence-corrected chi connectivity index (χ2v) is 6.86. The lowest BCUT2D eigenvalue weighted by Gasteiger charge is -2.16. The van der Waals surface area contributed by atoms with Crippen LogP contribution in [0.3, 0.4) is 0 Å². The third kappa shape index (κ3) is 3.39. The van der Waals surface area contributed by atoms with Gasteiger partial charge in [0.15, 0.2) is 16.7 Å². The number of para-hydroxylation sites is 1. The number of methoxy groups -OCH3 is 3. The van der Waals surface area contributed by atoms with E-state index in [0.29, 0.717) is 22.8 Å². The van der Waals surface area contributed by atoms with Gasteiger partial charge in [0.2, 0.25) is 0 Å². The van der Waals surface area contributed by atoms with E-state index in [-0.39, 0.29) is 0 Å². The van der Waals surface area contributed by atoms with Gasteiger partial charge in [-0.1, -0.05) is 30.0 Å². The van der Waals surface area contributed by atoms with Crippen LogP contribution in [0.5, 0.6) is 17.2 Å². The van der Waals surface area contributed by atoms with Crippen LogP contribution < -0.4 is 19.1 Å². The van der Waals surface area contributed by atoms with Gasteiger partial charge in [0, 0.05) is 31.6 Å². The molecule has 0 radical (unpaired) electrons. The van der Waals surface area contributed by atoms with Crippen molar-refractivity contribution >= 4 is 28.5 Å². The third-order valence-corrected chi connectivity index (χ3v) is 5.03. The zero-order valence-corrected chi connectivity index (χ0v) is 16.4. The van der Waals surface area contributed by atoms with E-state index in [0.717, 1.165) is 16.4 Å². The molecule has 0 spiro atoms. The van der Waals surface area contributed by atoms with Gasteiger partial charge in [0.25, 0.3) is 0 Å². The zero-order valence-electron chi connectivity index (χ0n) is 15.6. The quantitative estimate of drug-likeness (QED) is 0.633. The molecule has 2 aromatic carbocycles. The van der Waals surface area contributed by atoms with E-state index < -0.39 is 0 Å². The maximum atomic E-state index is 5.50. The lowest BCUT2D eigenvalue weighted by atomic mass is 10.2. The van der Waals surface area contributed by atoms with Crippen molar-refractivity contribution in [2.45, 2.75) is 10.9 Å². The molecular weight excluding hydrogens is 350 g/mol. The summed E-state index contributed by atoms with van der Waals surface area (Å²) in [5.41, 5.74) is 3.95. The van der Waals surface area contributed by atoms with E-state index in [1.807, 2.05) is 20.2 Å². The number of anilines is 1. The predicted molar refractivity (Wildman–Crippen MR) is 106 cm³/mol. The number of fused-ring (bicyclic) bond motifs is 1. The third-order valence-electron chi connectivity index (χ3n) is 4.11. The standard InChI is InChI=1S/C19H23N3O3S/c1-22(2)13-9-7-6-8-12(13)11-26-19-20-16-14(23-3)10-15(24-4)18(25-5)17(16)21-19/h6-10H,11H2,1-5H3,(H,20,21). The second kappa shape index (κ2) is 7.78. The van der Waals surface area contributed by atoms with Crippen LogP contribution >= 0.6 is 11.8 Å². The van der Waals surface area contributed by atoms with Gasteiger partial charge in [-0.3, -0.25) is 0 Å². The first kappa shape index (κ1) is 18.3. The minimum Gasteiger partial charge on any atom is -0.494 e. The molecule has 7 heteroatoms. The predicted octanol–water partition coefficient (Wildman–Crippen LogP) is 3.95. The van der Waals surface area contributed by atoms with Crippen molar-refractivity contribution in [3.63, 3.8) is 0 Å². The first-order chi connectivity index (χ1) is 12.6. The fourth-order valence-corrected chi connectivity index (χ4v) is 3.73. The van der Waals surface area contributed by atoms with Crippen LogP contribution in [0, 0.1) is 0 Å². The molecule has 0 saturated carbocycles. The Morgan fingerprint density at radius 2 is 1.77 bits per heavy atom. The fourth-order valence-electron chi connectivity index (χ4n) is 2.86. The van der Waals surface area contributed by atoms with Gasteiger partial charge in [0.05, 0.1) is 21.3 Å². The second-order valence-electron chi connectivity index (χ2n) is 5.89. The van der Waals surface area contributed by atoms with Gasteiger partial charge < -0.3 is 24.1 Å². The Labute approximate surface area is 157 Å². The number of ether oxygens (including phenoxy) is 3. The first-order valence-corrected chi connectivity index (χ1v) is 9.14. The fraction of sp³-hybridized carbons (Fsp3) is 0.316. The van der Waals surface area contributed by atoms with Crippen LogP contribution in [0.15, 0.2) is 35.5 Å². The van der Waals surface area contributed by atoms with Gasteiger partial charge >= 0.3 is 0 Å². The van der Waals surface area contributed by atoms with Gasteiger partial charge in [-0.25, -0.2) is 4.98 Å². The van der Waals surface area contributed by atoms with Gasteiger partial charge in [-0.05, 0) is 11.6 Å². The minimum absolute atomic E-state index is 0.595. The largest absolute Gasteiger partial charge is 0.494 e. The van der Waals surface area contributed by atoms with Crippen molar-refractivity contribution < 1.29 is 14.2 Å². The van der Waals surface area contributed by atoms with E-state index >= 15 is 0 Å². The summed E-state index contributed by atoms with van der Waals surface area (Å²) < 4.78 is 16.4. The Kier molecular flexibility index (Phi) is 5.46. The van der Waals surface area contributed by atoms with Gasteiger partial charge in [-0.2, -0.15) is 0 Å². The summed E-state index contributed by atoms with van der Waals surface area (Å²) in [4.78, 5) is 10.2. The summed E-state index contributed by atoms with van der Waals surface area (Å²) in [7, 11) is 8.93. The van der Waals surface area contributed by atoms with E-state index in [1.165, 1.54) is 11.3 Å². The van der Waals surface area contributed by atoms with Crippen LogP contribution in [0.25, 0.3) is 11.0 Å². The van der Waals surface area contributed by atoms with Crippen LogP contribution in [0.4, 0.5) is 5.69 Å². The lowest BCUT2D eigenvalue weighted by Crippen LogP contribution is -2.10. The molecule has 0 amide bonds. The highest BCUT2D eigenvalue weighted by molar-refractivity contribution is 7.98. The number of aromatic amines is 1. The number of benzene rings is 2. The van der Waals surface area contributed by atoms with Crippen LogP contribution in [0.1, 0.15) is 5.56 Å². The van der Waals surface area contributed by atoms with E-state index in [9.17, 15) is 0 Å². The minimum atomic E-state index is 0.595. The highest BCUT2D eigenvalue weighted by Gasteiger charge is 2.19. The summed E-state index contributed by atoms with van der Waals surface area (Å²) in [6.45, 7) is 0. The lowest BCUT2D eigenvalue weighted by molar-refractivity contribution is 0.353. The van der Waals surface area contributed by atoms with Gasteiger partial charge in [0.1, 0.15) is 16.8 Å². The van der Waals surface area contributed by atoms with Crippen molar-refractivity contribution in [1.29, 1.82) is 0 Å². The molecular formula is C19H23N3O3S. The number of nitrogens with zero attached hydrogens (tertiary/aromatic N) is 2. The van der Waals surface area contributed by atoms with Crippen LogP contribution in [0.2, 0.25) is 0 Å². The van der Waals surface area contributed by atoms with Crippen molar-refractivity contribution in [2.24, 2.45) is 0 Å². The number of hydrogen-bond donors (Lipinski definition) is 1. The van der Waals surface area contributed by atoms with Crippen molar-refractivity contribution in [2.75, 3.05) is 40.3 Å². The molecule has 1 heterocycles. The normalized spacial score (nSPS) is 10.8. The SMILES string of the molecule is COc1cc(OC)c2[nH]c(SCc3ccccc3N(C)C)nc2c1OC. The topological polar surface area (TPSA) is 59.6 Å². The molecule has 0 atom stereocenters. The summed E-state index contributed by atoms with van der Waals surface area (Å²) in [5.74, 6) is 2.67. The monoisotopic (exact) mass is 373 g/mol. The Bertz CT molecular complexity index is 908. The highest BCUT2D eigenvalue weighted by atomic mass is 32.2. The van der Waals surface area contributed by atoms with Crippen molar-refractivity contribution in [3.05, 3.63) is 35.9 Å². The molecule has 0 unspecified atom stereocenters. The van der Waals surface area contributed by atoms with Crippen LogP contribution in [-0.2, 0) is 5.75 Å². The number of imidazole rings is 1. The molecule has 138 valence electrons. The highest BCUT2D eigenvalue weighted by Crippen LogP contribution is 2.41. The van der Waals surface area contributed by atoms with E-state index in [4.69, 9.17) is 19.2 Å². The molecule has 0 aliphatic rings. The average molecular weight is 373 g/mol. The van der Waals surface area contributed by atoms with E-state index in [1.54, 1.807) is 39.2 Å². The smallest absolute Gasteiger partial charge is 0.189 e. The number of thioether (sulfide) groups is 1. The molecule has 0 aliphatic carbocycles. The summed E-state index contributed by atoms with van der Waals surface area (Å²) >= 11 is 1.64. The number of hydrogen-bond acceptors (Lipinski definition) is 6. The first-order valence-electron chi connectivity index (χ1n) is 8.15. The summed E-state index contributed by atoms with van der Waals surface area (Å²) in [6.07, 6.45) is 0. The molecule has 3 aromatic rings. The molecule has 0 saturated heterocycles. The Morgan fingerprint density at radius 1 is 1.04 bits per heavy atom. The van der Waals surface area contributed by atoms with Crippen molar-refractivity contribution in [3.8, 4) is 17.2 Å². The number of aromatic nitrogens is 2. The molecule has 0 aliphatic heterocycles. The van der Waals surface area contributed by atoms with Gasteiger partial charge in [-0.15, -0.1) is 0 Å². The maximum absolute atomic E-state index is 5.50. The zero-order chi connectivity index (χ0) is 18.7. The molecule has 26 heavy (non-hydrogen) atoms. The molecule has 6 nitrogen and oxygen atoms in total. The molecule has 0 fully saturated rings. The molecule has 1 aromatic heterocycles. The maximum Gasteiger partial charge on any atom is 0.189 e. The van der Waals surface area contributed by atoms with Crippen LogP contribution in [-0.4, -0.2) is 45.4 Å². The number of H-pyrrole nitrogens is 1. The van der Waals surface area contributed by atoms with E-state index in [2.05, 4.69) is 28.1 Å². The molecule has 1 N–H and O–H groups in total. The number of rotatable bonds is 7.